The molecule has 0 saturated carbocycles. The number of aliphatic carboxylic acids is 1. The molecule has 3 rings (SSSR count). The molecule has 5 heteroatoms. The summed E-state index contributed by atoms with van der Waals surface area (Å²) in [5, 5.41) is 9.69. The zero-order valence-corrected chi connectivity index (χ0v) is 11.5. The van der Waals surface area contributed by atoms with E-state index < -0.39 is 11.6 Å². The molecule has 0 radical (unpaired) electrons. The third-order valence-corrected chi connectivity index (χ3v) is 4.43. The number of anilines is 1. The van der Waals surface area contributed by atoms with E-state index in [-0.39, 0.29) is 5.91 Å². The molecule has 1 aromatic carbocycles. The highest BCUT2D eigenvalue weighted by Gasteiger charge is 2.59. The van der Waals surface area contributed by atoms with E-state index >= 15 is 0 Å². The number of nitrogens with zero attached hydrogens (tertiary/aromatic N) is 2. The van der Waals surface area contributed by atoms with Crippen molar-refractivity contribution in [1.29, 1.82) is 0 Å². The van der Waals surface area contributed by atoms with E-state index in [1.54, 1.807) is 0 Å². The molecule has 2 heterocycles. The second-order valence-corrected chi connectivity index (χ2v) is 5.34. The van der Waals surface area contributed by atoms with Crippen molar-refractivity contribution < 1.29 is 14.7 Å². The Labute approximate surface area is 117 Å². The molecule has 0 aromatic heterocycles. The number of fused-ring (bicyclic) bond motifs is 1. The number of hydrogen-bond donors (Lipinski definition) is 1. The molecule has 1 unspecified atom stereocenters. The molecule has 1 N–H and O–H groups in total. The highest BCUT2D eigenvalue weighted by atomic mass is 16.4. The maximum absolute atomic E-state index is 11.9. The van der Waals surface area contributed by atoms with E-state index in [2.05, 4.69) is 6.92 Å². The maximum Gasteiger partial charge on any atom is 0.350 e. The summed E-state index contributed by atoms with van der Waals surface area (Å²) in [7, 11) is 0. The van der Waals surface area contributed by atoms with Crippen molar-refractivity contribution in [2.45, 2.75) is 31.8 Å². The standard InChI is InChI=1S/C15H18N2O3/c1-2-11-3-5-12(6-4-11)16-9-10-17-13(18)7-8-15(16,17)14(19)20/h3-6H,2,7-10H2,1H3,(H,19,20). The van der Waals surface area contributed by atoms with Gasteiger partial charge < -0.3 is 14.9 Å². The Balaban J connectivity index is 2.00. The highest BCUT2D eigenvalue weighted by Crippen LogP contribution is 2.41. The van der Waals surface area contributed by atoms with Gasteiger partial charge in [0.1, 0.15) is 0 Å². The number of carboxylic acid groups (broad SMARTS) is 1. The van der Waals surface area contributed by atoms with Crippen molar-refractivity contribution in [3.05, 3.63) is 29.8 Å². The monoisotopic (exact) mass is 274 g/mol. The van der Waals surface area contributed by atoms with Crippen LogP contribution in [0, 0.1) is 0 Å². The van der Waals surface area contributed by atoms with E-state index in [1.165, 1.54) is 10.5 Å². The first kappa shape index (κ1) is 13.0. The SMILES string of the molecule is CCc1ccc(N2CCN3C(=O)CCC32C(=O)O)cc1. The van der Waals surface area contributed by atoms with Gasteiger partial charge in [0.25, 0.3) is 0 Å². The van der Waals surface area contributed by atoms with Crippen molar-refractivity contribution in [3.63, 3.8) is 0 Å². The van der Waals surface area contributed by atoms with Crippen LogP contribution in [0.1, 0.15) is 25.3 Å². The van der Waals surface area contributed by atoms with Crippen LogP contribution < -0.4 is 4.90 Å². The van der Waals surface area contributed by atoms with Gasteiger partial charge in [0, 0.05) is 31.6 Å². The Morgan fingerprint density at radius 1 is 1.25 bits per heavy atom. The number of hydrogen-bond acceptors (Lipinski definition) is 3. The van der Waals surface area contributed by atoms with Gasteiger partial charge >= 0.3 is 5.97 Å². The fraction of sp³-hybridized carbons (Fsp3) is 0.467. The predicted molar refractivity (Wildman–Crippen MR) is 74.5 cm³/mol. The van der Waals surface area contributed by atoms with Gasteiger partial charge in [0.2, 0.25) is 11.6 Å². The molecule has 20 heavy (non-hydrogen) atoms. The molecule has 5 nitrogen and oxygen atoms in total. The molecule has 0 spiro atoms. The number of carbonyl (C=O) groups is 2. The second kappa shape index (κ2) is 4.51. The van der Waals surface area contributed by atoms with Crippen molar-refractivity contribution in [2.75, 3.05) is 18.0 Å². The number of benzene rings is 1. The number of carboxylic acids is 1. The summed E-state index contributed by atoms with van der Waals surface area (Å²) in [5.41, 5.74) is 0.920. The molecule has 0 aliphatic carbocycles. The fourth-order valence-electron chi connectivity index (χ4n) is 3.32. The Hall–Kier alpha value is -2.04. The van der Waals surface area contributed by atoms with Gasteiger partial charge in [0.05, 0.1) is 0 Å². The number of aryl methyl sites for hydroxylation is 1. The van der Waals surface area contributed by atoms with Crippen LogP contribution in [0.4, 0.5) is 5.69 Å². The molecule has 1 amide bonds. The topological polar surface area (TPSA) is 60.9 Å². The third-order valence-electron chi connectivity index (χ3n) is 4.43. The molecule has 106 valence electrons. The lowest BCUT2D eigenvalue weighted by atomic mass is 10.0. The van der Waals surface area contributed by atoms with Crippen LogP contribution in [0.25, 0.3) is 0 Å². The Bertz CT molecular complexity index is 555. The first-order valence-electron chi connectivity index (χ1n) is 7.00. The van der Waals surface area contributed by atoms with Crippen LogP contribution in [-0.2, 0) is 16.0 Å². The maximum atomic E-state index is 11.9. The van der Waals surface area contributed by atoms with Crippen LogP contribution in [0.5, 0.6) is 0 Å². The summed E-state index contributed by atoms with van der Waals surface area (Å²) >= 11 is 0. The average Bonchev–Trinajstić information content (AvgIpc) is 2.99. The van der Waals surface area contributed by atoms with Gasteiger partial charge in [-0.1, -0.05) is 19.1 Å². The van der Waals surface area contributed by atoms with Crippen molar-refractivity contribution in [3.8, 4) is 0 Å². The molecule has 2 aliphatic rings. The predicted octanol–water partition coefficient (Wildman–Crippen LogP) is 1.47. The molecule has 1 atom stereocenters. The van der Waals surface area contributed by atoms with Gasteiger partial charge in [-0.15, -0.1) is 0 Å². The molecule has 2 aliphatic heterocycles. The average molecular weight is 274 g/mol. The Kier molecular flexibility index (Phi) is 2.92. The minimum absolute atomic E-state index is 0.0555. The third kappa shape index (κ3) is 1.62. The molecular weight excluding hydrogens is 256 g/mol. The van der Waals surface area contributed by atoms with E-state index in [1.807, 2.05) is 29.2 Å². The summed E-state index contributed by atoms with van der Waals surface area (Å²) in [5.74, 6) is -0.986. The van der Waals surface area contributed by atoms with E-state index in [9.17, 15) is 14.7 Å². The van der Waals surface area contributed by atoms with E-state index in [0.717, 1.165) is 12.1 Å². The molecule has 1 aromatic rings. The number of carbonyl (C=O) groups excluding carboxylic acids is 1. The quantitative estimate of drug-likeness (QED) is 0.906. The summed E-state index contributed by atoms with van der Waals surface area (Å²) in [6.07, 6.45) is 1.63. The van der Waals surface area contributed by atoms with Gasteiger partial charge in [0.15, 0.2) is 0 Å². The summed E-state index contributed by atoms with van der Waals surface area (Å²) in [6.45, 7) is 3.14. The summed E-state index contributed by atoms with van der Waals surface area (Å²) in [4.78, 5) is 27.1. The first-order valence-corrected chi connectivity index (χ1v) is 7.00. The minimum atomic E-state index is -1.18. The minimum Gasteiger partial charge on any atom is -0.478 e. The molecule has 2 fully saturated rings. The van der Waals surface area contributed by atoms with Crippen LogP contribution in [-0.4, -0.2) is 40.6 Å². The lowest BCUT2D eigenvalue weighted by molar-refractivity contribution is -0.151. The van der Waals surface area contributed by atoms with E-state index in [4.69, 9.17) is 0 Å². The van der Waals surface area contributed by atoms with Crippen LogP contribution in [0.15, 0.2) is 24.3 Å². The second-order valence-electron chi connectivity index (χ2n) is 5.34. The van der Waals surface area contributed by atoms with Crippen LogP contribution in [0.2, 0.25) is 0 Å². The van der Waals surface area contributed by atoms with Crippen LogP contribution in [0.3, 0.4) is 0 Å². The lowest BCUT2D eigenvalue weighted by Gasteiger charge is -2.36. The Morgan fingerprint density at radius 3 is 2.50 bits per heavy atom. The smallest absolute Gasteiger partial charge is 0.350 e. The molecular formula is C15H18N2O3. The van der Waals surface area contributed by atoms with Gasteiger partial charge in [-0.2, -0.15) is 0 Å². The normalized spacial score (nSPS) is 25.1. The van der Waals surface area contributed by atoms with Crippen LogP contribution >= 0.6 is 0 Å². The zero-order valence-electron chi connectivity index (χ0n) is 11.5. The summed E-state index contributed by atoms with van der Waals surface area (Å²) in [6, 6.07) is 7.94. The highest BCUT2D eigenvalue weighted by molar-refractivity contribution is 5.94. The zero-order chi connectivity index (χ0) is 14.3. The van der Waals surface area contributed by atoms with Crippen molar-refractivity contribution >= 4 is 17.6 Å². The van der Waals surface area contributed by atoms with Gasteiger partial charge in [-0.05, 0) is 24.1 Å². The molecule has 2 saturated heterocycles. The van der Waals surface area contributed by atoms with Gasteiger partial charge in [-0.3, -0.25) is 4.79 Å². The largest absolute Gasteiger partial charge is 0.478 e. The number of amides is 1. The molecule has 0 bridgehead atoms. The number of rotatable bonds is 3. The Morgan fingerprint density at radius 2 is 1.90 bits per heavy atom. The van der Waals surface area contributed by atoms with Crippen molar-refractivity contribution in [1.82, 2.24) is 4.90 Å². The van der Waals surface area contributed by atoms with Crippen molar-refractivity contribution in [2.24, 2.45) is 0 Å². The van der Waals surface area contributed by atoms with E-state index in [0.29, 0.717) is 25.9 Å². The van der Waals surface area contributed by atoms with Gasteiger partial charge in [-0.25, -0.2) is 4.79 Å². The lowest BCUT2D eigenvalue weighted by Crippen LogP contribution is -2.57. The summed E-state index contributed by atoms with van der Waals surface area (Å²) < 4.78 is 0. The fourth-order valence-corrected chi connectivity index (χ4v) is 3.32. The first-order chi connectivity index (χ1) is 9.59.